The second-order valence-electron chi connectivity index (χ2n) is 4.83. The van der Waals surface area contributed by atoms with Gasteiger partial charge in [-0.25, -0.2) is 12.8 Å². The van der Waals surface area contributed by atoms with Crippen LogP contribution >= 0.6 is 0 Å². The zero-order valence-corrected chi connectivity index (χ0v) is 12.4. The third-order valence-electron chi connectivity index (χ3n) is 2.85. The molecule has 0 atom stereocenters. The van der Waals surface area contributed by atoms with Gasteiger partial charge in [-0.05, 0) is 31.5 Å². The average Bonchev–Trinajstić information content (AvgIpc) is 2.87. The molecule has 2 rings (SSSR count). The van der Waals surface area contributed by atoms with E-state index in [1.54, 1.807) is 4.68 Å². The van der Waals surface area contributed by atoms with Gasteiger partial charge in [-0.15, -0.1) is 0 Å². The molecule has 0 fully saturated rings. The lowest BCUT2D eigenvalue weighted by Gasteiger charge is -2.08. The molecule has 0 spiro atoms. The van der Waals surface area contributed by atoms with Gasteiger partial charge in [0.1, 0.15) is 10.7 Å². The van der Waals surface area contributed by atoms with Crippen LogP contribution < -0.4 is 4.72 Å². The number of aliphatic hydroxyl groups is 1. The van der Waals surface area contributed by atoms with Crippen LogP contribution in [-0.4, -0.2) is 23.3 Å². The van der Waals surface area contributed by atoms with E-state index in [0.29, 0.717) is 5.56 Å². The van der Waals surface area contributed by atoms with Crippen molar-refractivity contribution in [3.05, 3.63) is 42.0 Å². The topological polar surface area (TPSA) is 84.2 Å². The highest BCUT2D eigenvalue weighted by Gasteiger charge is 2.20. The van der Waals surface area contributed by atoms with Gasteiger partial charge in [-0.2, -0.15) is 5.10 Å². The smallest absolute Gasteiger partial charge is 0.264 e. The molecule has 1 aromatic heterocycles. The van der Waals surface area contributed by atoms with Crippen molar-refractivity contribution in [3.63, 3.8) is 0 Å². The Kier molecular flexibility index (Phi) is 4.29. The van der Waals surface area contributed by atoms with Crippen LogP contribution in [0, 0.1) is 5.82 Å². The first kappa shape index (κ1) is 15.5. The molecular weight excluding hydrogens is 297 g/mol. The van der Waals surface area contributed by atoms with E-state index in [1.165, 1.54) is 18.5 Å². The number of nitrogens with zero attached hydrogens (tertiary/aromatic N) is 2. The predicted octanol–water partition coefficient (Wildman–Crippen LogP) is 1.90. The third kappa shape index (κ3) is 3.40. The fourth-order valence-corrected chi connectivity index (χ4v) is 2.89. The van der Waals surface area contributed by atoms with Gasteiger partial charge < -0.3 is 5.11 Å². The van der Waals surface area contributed by atoms with Crippen LogP contribution in [0.15, 0.2) is 35.5 Å². The molecular formula is C13H16FN3O3S. The summed E-state index contributed by atoms with van der Waals surface area (Å²) in [5, 5.41) is 13.0. The molecule has 0 aliphatic rings. The summed E-state index contributed by atoms with van der Waals surface area (Å²) in [5.74, 6) is -0.879. The van der Waals surface area contributed by atoms with Crippen LogP contribution in [0.4, 0.5) is 10.1 Å². The van der Waals surface area contributed by atoms with Crippen molar-refractivity contribution in [2.45, 2.75) is 31.4 Å². The van der Waals surface area contributed by atoms with Crippen molar-refractivity contribution < 1.29 is 17.9 Å². The number of nitrogens with one attached hydrogen (secondary N) is 1. The maximum Gasteiger partial charge on any atom is 0.264 e. The molecule has 6 nitrogen and oxygen atoms in total. The zero-order chi connectivity index (χ0) is 15.6. The lowest BCUT2D eigenvalue weighted by molar-refractivity contribution is 0.281. The monoisotopic (exact) mass is 313 g/mol. The van der Waals surface area contributed by atoms with E-state index in [-0.39, 0.29) is 18.3 Å². The highest BCUT2D eigenvalue weighted by Crippen LogP contribution is 2.20. The minimum absolute atomic E-state index is 0.0812. The molecule has 0 saturated carbocycles. The van der Waals surface area contributed by atoms with E-state index >= 15 is 0 Å². The van der Waals surface area contributed by atoms with Gasteiger partial charge in [-0.3, -0.25) is 9.40 Å². The molecule has 0 unspecified atom stereocenters. The van der Waals surface area contributed by atoms with Crippen LogP contribution in [0.1, 0.15) is 25.5 Å². The van der Waals surface area contributed by atoms with E-state index in [4.69, 9.17) is 5.11 Å². The zero-order valence-electron chi connectivity index (χ0n) is 11.6. The number of hydrogen-bond donors (Lipinski definition) is 2. The Morgan fingerprint density at radius 3 is 2.71 bits per heavy atom. The summed E-state index contributed by atoms with van der Waals surface area (Å²) >= 11 is 0. The number of halogens is 1. The van der Waals surface area contributed by atoms with E-state index in [0.717, 1.165) is 12.1 Å². The van der Waals surface area contributed by atoms with Crippen molar-refractivity contribution in [2.75, 3.05) is 4.72 Å². The summed E-state index contributed by atoms with van der Waals surface area (Å²) in [7, 11) is -4.08. The number of hydrogen-bond acceptors (Lipinski definition) is 4. The molecule has 0 saturated heterocycles. The summed E-state index contributed by atoms with van der Waals surface area (Å²) in [5.41, 5.74) is 0.562. The van der Waals surface area contributed by atoms with E-state index in [1.807, 2.05) is 13.8 Å². The van der Waals surface area contributed by atoms with Gasteiger partial charge in [0.25, 0.3) is 10.0 Å². The number of aliphatic hydroxyl groups excluding tert-OH is 1. The predicted molar refractivity (Wildman–Crippen MR) is 75.7 cm³/mol. The number of rotatable bonds is 5. The van der Waals surface area contributed by atoms with E-state index in [9.17, 15) is 12.8 Å². The average molecular weight is 313 g/mol. The number of sulfonamides is 1. The summed E-state index contributed by atoms with van der Waals surface area (Å²) in [6.07, 6.45) is 2.88. The Labute approximate surface area is 122 Å². The maximum absolute atomic E-state index is 13.7. The fraction of sp³-hybridized carbons (Fsp3) is 0.308. The summed E-state index contributed by atoms with van der Waals surface area (Å²) in [6, 6.07) is 3.52. The van der Waals surface area contributed by atoms with Crippen molar-refractivity contribution in [3.8, 4) is 0 Å². The first-order valence-corrected chi connectivity index (χ1v) is 7.78. The molecule has 0 bridgehead atoms. The molecule has 2 N–H and O–H groups in total. The van der Waals surface area contributed by atoms with Crippen molar-refractivity contribution >= 4 is 15.7 Å². The van der Waals surface area contributed by atoms with Crippen LogP contribution in [0.2, 0.25) is 0 Å². The van der Waals surface area contributed by atoms with E-state index in [2.05, 4.69) is 9.82 Å². The Morgan fingerprint density at radius 1 is 1.43 bits per heavy atom. The Hall–Kier alpha value is -1.93. The molecule has 0 amide bonds. The summed E-state index contributed by atoms with van der Waals surface area (Å²) in [6.45, 7) is 3.43. The number of aromatic nitrogens is 2. The normalized spacial score (nSPS) is 11.9. The largest absolute Gasteiger partial charge is 0.392 e. The van der Waals surface area contributed by atoms with Gasteiger partial charge in [0.2, 0.25) is 0 Å². The minimum Gasteiger partial charge on any atom is -0.392 e. The highest BCUT2D eigenvalue weighted by molar-refractivity contribution is 7.92. The molecule has 0 aliphatic heterocycles. The van der Waals surface area contributed by atoms with Gasteiger partial charge >= 0.3 is 0 Å². The van der Waals surface area contributed by atoms with Crippen LogP contribution in [-0.2, 0) is 16.6 Å². The van der Waals surface area contributed by atoms with Crippen molar-refractivity contribution in [1.82, 2.24) is 9.78 Å². The first-order chi connectivity index (χ1) is 9.83. The molecule has 1 aromatic carbocycles. The van der Waals surface area contributed by atoms with E-state index < -0.39 is 20.7 Å². The first-order valence-electron chi connectivity index (χ1n) is 6.30. The van der Waals surface area contributed by atoms with Crippen LogP contribution in [0.3, 0.4) is 0 Å². The summed E-state index contributed by atoms with van der Waals surface area (Å²) in [4.78, 5) is -0.508. The SMILES string of the molecule is CC(C)n1cc(NS(=O)(=O)c2cc(CO)ccc2F)cn1. The van der Waals surface area contributed by atoms with Crippen LogP contribution in [0.5, 0.6) is 0 Å². The number of anilines is 1. The lowest BCUT2D eigenvalue weighted by atomic mass is 10.2. The Bertz CT molecular complexity index is 741. The van der Waals surface area contributed by atoms with Crippen molar-refractivity contribution in [1.29, 1.82) is 0 Å². The molecule has 2 aromatic rings. The number of benzene rings is 1. The third-order valence-corrected chi connectivity index (χ3v) is 4.25. The van der Waals surface area contributed by atoms with Crippen LogP contribution in [0.25, 0.3) is 0 Å². The van der Waals surface area contributed by atoms with Crippen molar-refractivity contribution in [2.24, 2.45) is 0 Å². The van der Waals surface area contributed by atoms with Gasteiger partial charge in [0.05, 0.1) is 18.5 Å². The van der Waals surface area contributed by atoms with Gasteiger partial charge in [0, 0.05) is 12.2 Å². The standard InChI is InChI=1S/C13H16FN3O3S/c1-9(2)17-7-11(6-15-17)16-21(19,20)13-5-10(8-18)3-4-12(13)14/h3-7,9,16,18H,8H2,1-2H3. The minimum atomic E-state index is -4.08. The van der Waals surface area contributed by atoms with Gasteiger partial charge in [0.15, 0.2) is 0 Å². The second kappa shape index (κ2) is 5.82. The molecule has 21 heavy (non-hydrogen) atoms. The Balaban J connectivity index is 2.33. The quantitative estimate of drug-likeness (QED) is 0.883. The summed E-state index contributed by atoms with van der Waals surface area (Å²) < 4.78 is 42.0. The molecule has 0 aliphatic carbocycles. The molecule has 1 heterocycles. The highest BCUT2D eigenvalue weighted by atomic mass is 32.2. The Morgan fingerprint density at radius 2 is 2.14 bits per heavy atom. The second-order valence-corrected chi connectivity index (χ2v) is 6.48. The maximum atomic E-state index is 13.7. The fourth-order valence-electron chi connectivity index (χ4n) is 1.74. The molecule has 114 valence electrons. The lowest BCUT2D eigenvalue weighted by Crippen LogP contribution is -2.14. The van der Waals surface area contributed by atoms with Gasteiger partial charge in [-0.1, -0.05) is 6.07 Å². The molecule has 8 heteroatoms. The molecule has 0 radical (unpaired) electrons.